The molecule has 0 unspecified atom stereocenters. The van der Waals surface area contributed by atoms with Crippen molar-refractivity contribution in [2.75, 3.05) is 5.75 Å². The third kappa shape index (κ3) is 1.91. The minimum absolute atomic E-state index is 0.0185. The van der Waals surface area contributed by atoms with Gasteiger partial charge in [0.1, 0.15) is 10.8 Å². The lowest BCUT2D eigenvalue weighted by Crippen LogP contribution is -2.29. The van der Waals surface area contributed by atoms with E-state index in [-0.39, 0.29) is 5.75 Å². The van der Waals surface area contributed by atoms with Gasteiger partial charge in [-0.25, -0.2) is 8.42 Å². The van der Waals surface area contributed by atoms with Gasteiger partial charge in [-0.3, -0.25) is 0 Å². The van der Waals surface area contributed by atoms with Gasteiger partial charge in [-0.2, -0.15) is 5.26 Å². The summed E-state index contributed by atoms with van der Waals surface area (Å²) in [6, 6.07) is 8.76. The van der Waals surface area contributed by atoms with Crippen LogP contribution in [0.1, 0.15) is 18.4 Å². The summed E-state index contributed by atoms with van der Waals surface area (Å²) >= 11 is 5.88. The molecule has 0 saturated heterocycles. The average Bonchev–Trinajstić information content (AvgIpc) is 2.98. The molecule has 0 aliphatic heterocycles. The zero-order valence-electron chi connectivity index (χ0n) is 9.80. The lowest BCUT2D eigenvalue weighted by Gasteiger charge is -2.00. The topological polar surface area (TPSA) is 83.9 Å². The summed E-state index contributed by atoms with van der Waals surface area (Å²) in [5, 5.41) is 8.80. The van der Waals surface area contributed by atoms with E-state index in [1.807, 2.05) is 6.07 Å². The van der Waals surface area contributed by atoms with E-state index < -0.39 is 26.5 Å². The molecule has 1 aliphatic carbocycles. The largest absolute Gasteiger partial charge is 0.312 e. The van der Waals surface area contributed by atoms with Gasteiger partial charge < -0.3 is 5.73 Å². The molecule has 0 radical (unpaired) electrons. The molecule has 0 bridgehead atoms. The highest BCUT2D eigenvalue weighted by atomic mass is 35.5. The van der Waals surface area contributed by atoms with Gasteiger partial charge in [0.25, 0.3) is 0 Å². The van der Waals surface area contributed by atoms with Crippen LogP contribution in [0.2, 0.25) is 5.02 Å². The van der Waals surface area contributed by atoms with E-state index in [2.05, 4.69) is 0 Å². The Kier molecular flexibility index (Phi) is 3.14. The Morgan fingerprint density at radius 3 is 2.72 bits per heavy atom. The van der Waals surface area contributed by atoms with Crippen LogP contribution in [0.4, 0.5) is 0 Å². The zero-order chi connectivity index (χ0) is 13.6. The molecule has 4 nitrogen and oxygen atoms in total. The number of halogens is 1. The van der Waals surface area contributed by atoms with Crippen LogP contribution in [0.5, 0.6) is 0 Å². The van der Waals surface area contributed by atoms with E-state index in [0.29, 0.717) is 10.6 Å². The van der Waals surface area contributed by atoms with Crippen LogP contribution in [0.15, 0.2) is 24.3 Å². The first kappa shape index (κ1) is 13.3. The Bertz CT molecular complexity index is 623. The second kappa shape index (κ2) is 4.23. The predicted octanol–water partition coefficient (Wildman–Crippen LogP) is 1.46. The Balaban J connectivity index is 2.45. The molecule has 2 N–H and O–H groups in total. The van der Waals surface area contributed by atoms with Crippen LogP contribution >= 0.6 is 11.6 Å². The number of sulfone groups is 1. The van der Waals surface area contributed by atoms with Crippen molar-refractivity contribution in [2.45, 2.75) is 23.6 Å². The van der Waals surface area contributed by atoms with Crippen LogP contribution in [-0.2, 0) is 9.84 Å². The third-order valence-electron chi connectivity index (χ3n) is 3.37. The summed E-state index contributed by atoms with van der Waals surface area (Å²) in [4.78, 5) is 0. The molecule has 0 heterocycles. The summed E-state index contributed by atoms with van der Waals surface area (Å²) in [5.41, 5.74) is 5.26. The summed E-state index contributed by atoms with van der Waals surface area (Å²) in [5.74, 6) is -0.513. The van der Waals surface area contributed by atoms with Gasteiger partial charge in [0.05, 0.1) is 6.07 Å². The fraction of sp³-hybridized carbons (Fsp3) is 0.417. The Morgan fingerprint density at radius 2 is 2.22 bits per heavy atom. The highest BCUT2D eigenvalue weighted by molar-refractivity contribution is 7.92. The first-order valence-electron chi connectivity index (χ1n) is 5.54. The molecule has 0 aromatic heterocycles. The molecule has 1 aromatic carbocycles. The second-order valence-corrected chi connectivity index (χ2v) is 7.30. The van der Waals surface area contributed by atoms with Crippen molar-refractivity contribution >= 4 is 21.4 Å². The molecule has 18 heavy (non-hydrogen) atoms. The van der Waals surface area contributed by atoms with Gasteiger partial charge in [-0.15, -0.1) is 0 Å². The minimum atomic E-state index is -3.35. The van der Waals surface area contributed by atoms with Crippen LogP contribution in [0, 0.1) is 11.3 Å². The van der Waals surface area contributed by atoms with Gasteiger partial charge in [-0.05, 0) is 17.7 Å². The number of benzene rings is 1. The normalized spacial score (nSPS) is 30.8. The first-order chi connectivity index (χ1) is 8.36. The van der Waals surface area contributed by atoms with Crippen LogP contribution < -0.4 is 5.73 Å². The quantitative estimate of drug-likeness (QED) is 0.911. The minimum Gasteiger partial charge on any atom is -0.312 e. The van der Waals surface area contributed by atoms with Crippen molar-refractivity contribution in [2.24, 2.45) is 5.73 Å². The fourth-order valence-corrected chi connectivity index (χ4v) is 4.41. The summed E-state index contributed by atoms with van der Waals surface area (Å²) in [6.07, 6.45) is 0. The Morgan fingerprint density at radius 1 is 1.56 bits per heavy atom. The van der Waals surface area contributed by atoms with Crippen LogP contribution in [0.3, 0.4) is 0 Å². The number of nitrogens with zero attached hydrogens (tertiary/aromatic N) is 1. The van der Waals surface area contributed by atoms with E-state index in [9.17, 15) is 8.42 Å². The van der Waals surface area contributed by atoms with E-state index in [4.69, 9.17) is 22.6 Å². The molecule has 2 rings (SSSR count). The van der Waals surface area contributed by atoms with Crippen LogP contribution in [-0.4, -0.2) is 25.0 Å². The predicted molar refractivity (Wildman–Crippen MR) is 70.0 cm³/mol. The smallest absolute Gasteiger partial charge is 0.156 e. The summed E-state index contributed by atoms with van der Waals surface area (Å²) in [6.45, 7) is 1.56. The van der Waals surface area contributed by atoms with Crippen molar-refractivity contribution in [1.29, 1.82) is 5.26 Å². The van der Waals surface area contributed by atoms with E-state index in [0.717, 1.165) is 0 Å². The van der Waals surface area contributed by atoms with Crippen molar-refractivity contribution in [3.05, 3.63) is 34.9 Å². The Hall–Kier alpha value is -1.09. The lowest BCUT2D eigenvalue weighted by molar-refractivity contribution is 0.593. The van der Waals surface area contributed by atoms with Crippen molar-refractivity contribution in [1.82, 2.24) is 0 Å². The standard InChI is InChI=1S/C12H13ClN2O2S/c1-2-18(16,17)11-10(12(11,15)7-14)8-4-3-5-9(13)6-8/h3-6,10-11H,2,15H2,1H3/t10-,11-,12-/m0/s1. The summed E-state index contributed by atoms with van der Waals surface area (Å²) < 4.78 is 23.9. The Labute approximate surface area is 111 Å². The third-order valence-corrected chi connectivity index (χ3v) is 5.85. The molecule has 1 saturated carbocycles. The highest BCUT2D eigenvalue weighted by Crippen LogP contribution is 2.54. The number of nitriles is 1. The number of rotatable bonds is 3. The number of nitrogens with two attached hydrogens (primary N) is 1. The van der Waals surface area contributed by atoms with E-state index in [1.54, 1.807) is 31.2 Å². The average molecular weight is 285 g/mol. The van der Waals surface area contributed by atoms with E-state index in [1.165, 1.54) is 0 Å². The number of hydrogen-bond acceptors (Lipinski definition) is 4. The molecule has 3 atom stereocenters. The first-order valence-corrected chi connectivity index (χ1v) is 7.63. The molecule has 0 spiro atoms. The monoisotopic (exact) mass is 284 g/mol. The maximum absolute atomic E-state index is 11.9. The second-order valence-electron chi connectivity index (χ2n) is 4.45. The molecule has 96 valence electrons. The van der Waals surface area contributed by atoms with Crippen molar-refractivity contribution in [3.63, 3.8) is 0 Å². The number of hydrogen-bond donors (Lipinski definition) is 1. The summed E-state index contributed by atoms with van der Waals surface area (Å²) in [7, 11) is -3.35. The molecular weight excluding hydrogens is 272 g/mol. The molecule has 1 aliphatic rings. The van der Waals surface area contributed by atoms with Crippen molar-refractivity contribution in [3.8, 4) is 6.07 Å². The van der Waals surface area contributed by atoms with Gasteiger partial charge in [0, 0.05) is 16.7 Å². The molecule has 6 heteroatoms. The maximum atomic E-state index is 11.9. The molecule has 0 amide bonds. The SMILES string of the molecule is CCS(=O)(=O)[C@H]1[C@H](c2cccc(Cl)c2)[C@@]1(N)C#N. The molecule has 1 fully saturated rings. The fourth-order valence-electron chi connectivity index (χ4n) is 2.34. The van der Waals surface area contributed by atoms with Gasteiger partial charge in [-0.1, -0.05) is 30.7 Å². The van der Waals surface area contributed by atoms with Gasteiger partial charge in [0.15, 0.2) is 9.84 Å². The maximum Gasteiger partial charge on any atom is 0.156 e. The van der Waals surface area contributed by atoms with Crippen LogP contribution in [0.25, 0.3) is 0 Å². The zero-order valence-corrected chi connectivity index (χ0v) is 11.4. The van der Waals surface area contributed by atoms with Gasteiger partial charge >= 0.3 is 0 Å². The van der Waals surface area contributed by atoms with Gasteiger partial charge in [0.2, 0.25) is 0 Å². The highest BCUT2D eigenvalue weighted by Gasteiger charge is 2.69. The molecular formula is C12H13ClN2O2S. The van der Waals surface area contributed by atoms with E-state index >= 15 is 0 Å². The lowest BCUT2D eigenvalue weighted by atomic mass is 10.1. The van der Waals surface area contributed by atoms with Crippen molar-refractivity contribution < 1.29 is 8.42 Å². The molecule has 1 aromatic rings.